The number of thioether (sulfide) groups is 1. The van der Waals surface area contributed by atoms with E-state index in [-0.39, 0.29) is 17.2 Å². The van der Waals surface area contributed by atoms with Crippen LogP contribution in [0.5, 0.6) is 5.75 Å². The lowest BCUT2D eigenvalue weighted by atomic mass is 10.1. The highest BCUT2D eigenvalue weighted by Crippen LogP contribution is 2.45. The number of anilines is 2. The maximum Gasteiger partial charge on any atom is 0.255 e. The average molecular weight is 404 g/mol. The first kappa shape index (κ1) is 19.1. The molecule has 1 aliphatic heterocycles. The fourth-order valence-corrected chi connectivity index (χ4v) is 4.48. The zero-order valence-corrected chi connectivity index (χ0v) is 16.7. The second-order valence-electron chi connectivity index (χ2n) is 6.54. The molecule has 1 heterocycles. The second kappa shape index (κ2) is 8.41. The smallest absolute Gasteiger partial charge is 0.255 e. The number of methoxy groups -OCH3 is 1. The van der Waals surface area contributed by atoms with Gasteiger partial charge in [0.1, 0.15) is 11.1 Å². The minimum atomic E-state index is -0.188. The summed E-state index contributed by atoms with van der Waals surface area (Å²) in [6.07, 6.45) is 0. The van der Waals surface area contributed by atoms with Crippen LogP contribution >= 0.6 is 11.8 Å². The summed E-state index contributed by atoms with van der Waals surface area (Å²) in [4.78, 5) is 26.9. The molecule has 6 heteroatoms. The Morgan fingerprint density at radius 1 is 1.03 bits per heavy atom. The van der Waals surface area contributed by atoms with Crippen LogP contribution in [-0.2, 0) is 4.79 Å². The molecule has 0 aromatic heterocycles. The summed E-state index contributed by atoms with van der Waals surface area (Å²) in [7, 11) is 1.60. The van der Waals surface area contributed by atoms with Gasteiger partial charge in [-0.05, 0) is 42.0 Å². The second-order valence-corrected chi connectivity index (χ2v) is 7.61. The van der Waals surface area contributed by atoms with Gasteiger partial charge in [-0.15, -0.1) is 11.8 Å². The molecule has 0 radical (unpaired) electrons. The summed E-state index contributed by atoms with van der Waals surface area (Å²) in [5.41, 5.74) is 2.97. The highest BCUT2D eigenvalue weighted by molar-refractivity contribution is 8.00. The van der Waals surface area contributed by atoms with E-state index in [9.17, 15) is 9.59 Å². The molecule has 2 amide bonds. The van der Waals surface area contributed by atoms with Crippen molar-refractivity contribution in [3.05, 3.63) is 90.0 Å². The summed E-state index contributed by atoms with van der Waals surface area (Å²) in [5.74, 6) is 0.910. The lowest BCUT2D eigenvalue weighted by Gasteiger charge is -2.26. The molecule has 0 unspecified atom stereocenters. The number of nitrogens with one attached hydrogen (secondary N) is 1. The van der Waals surface area contributed by atoms with E-state index >= 15 is 0 Å². The Bertz CT molecular complexity index is 1040. The van der Waals surface area contributed by atoms with Crippen LogP contribution in [0, 0.1) is 0 Å². The van der Waals surface area contributed by atoms with Gasteiger partial charge in [0.25, 0.3) is 5.91 Å². The molecule has 1 fully saturated rings. The summed E-state index contributed by atoms with van der Waals surface area (Å²) in [6.45, 7) is 0. The normalized spacial score (nSPS) is 16.0. The first-order chi connectivity index (χ1) is 14.2. The van der Waals surface area contributed by atoms with Gasteiger partial charge in [0.15, 0.2) is 0 Å². The third kappa shape index (κ3) is 3.98. The van der Waals surface area contributed by atoms with E-state index in [1.807, 2.05) is 66.7 Å². The molecule has 146 valence electrons. The Kier molecular flexibility index (Phi) is 5.53. The summed E-state index contributed by atoms with van der Waals surface area (Å²) in [6, 6.07) is 24.2. The number of ether oxygens (including phenoxy) is 1. The van der Waals surface area contributed by atoms with Crippen molar-refractivity contribution in [1.29, 1.82) is 0 Å². The molecule has 0 saturated carbocycles. The molecule has 0 bridgehead atoms. The highest BCUT2D eigenvalue weighted by Gasteiger charge is 2.35. The fourth-order valence-electron chi connectivity index (χ4n) is 3.32. The molecule has 3 aromatic carbocycles. The van der Waals surface area contributed by atoms with Crippen LogP contribution in [0.15, 0.2) is 78.9 Å². The fraction of sp³-hybridized carbons (Fsp3) is 0.130. The van der Waals surface area contributed by atoms with Crippen LogP contribution in [0.25, 0.3) is 0 Å². The lowest BCUT2D eigenvalue weighted by Crippen LogP contribution is -2.28. The van der Waals surface area contributed by atoms with E-state index in [1.165, 1.54) is 0 Å². The Hall–Kier alpha value is -3.25. The van der Waals surface area contributed by atoms with Crippen LogP contribution in [0.1, 0.15) is 21.3 Å². The molecular weight excluding hydrogens is 384 g/mol. The number of hydrogen-bond donors (Lipinski definition) is 1. The molecule has 29 heavy (non-hydrogen) atoms. The third-order valence-corrected chi connectivity index (χ3v) is 5.89. The zero-order valence-electron chi connectivity index (χ0n) is 15.9. The average Bonchev–Trinajstić information content (AvgIpc) is 3.15. The van der Waals surface area contributed by atoms with Gasteiger partial charge in [-0.3, -0.25) is 14.5 Å². The summed E-state index contributed by atoms with van der Waals surface area (Å²) < 4.78 is 5.46. The van der Waals surface area contributed by atoms with Gasteiger partial charge in [0.05, 0.1) is 18.6 Å². The molecule has 1 saturated heterocycles. The molecule has 1 N–H and O–H groups in total. The Morgan fingerprint density at radius 3 is 2.59 bits per heavy atom. The van der Waals surface area contributed by atoms with Gasteiger partial charge >= 0.3 is 0 Å². The maximum absolute atomic E-state index is 12.7. The number of benzene rings is 3. The van der Waals surface area contributed by atoms with Crippen molar-refractivity contribution < 1.29 is 14.3 Å². The van der Waals surface area contributed by atoms with Gasteiger partial charge in [0.2, 0.25) is 5.91 Å². The van der Waals surface area contributed by atoms with Crippen molar-refractivity contribution in [2.45, 2.75) is 5.37 Å². The van der Waals surface area contributed by atoms with Crippen LogP contribution in [0.3, 0.4) is 0 Å². The summed E-state index contributed by atoms with van der Waals surface area (Å²) in [5, 5.41) is 2.75. The molecule has 3 aromatic rings. The number of nitrogens with zero attached hydrogens (tertiary/aromatic N) is 1. The number of hydrogen-bond acceptors (Lipinski definition) is 4. The van der Waals surface area contributed by atoms with Crippen molar-refractivity contribution >= 4 is 35.0 Å². The summed E-state index contributed by atoms with van der Waals surface area (Å²) >= 11 is 1.56. The predicted octanol–water partition coefficient (Wildman–Crippen LogP) is 4.73. The van der Waals surface area contributed by atoms with E-state index in [0.717, 1.165) is 11.3 Å². The van der Waals surface area contributed by atoms with E-state index in [4.69, 9.17) is 4.74 Å². The topological polar surface area (TPSA) is 58.6 Å². The van der Waals surface area contributed by atoms with Crippen LogP contribution in [0.2, 0.25) is 0 Å². The molecule has 5 nitrogen and oxygen atoms in total. The molecule has 1 aliphatic rings. The number of rotatable bonds is 5. The standard InChI is InChI=1S/C23H20N2O3S/c1-28-20-13-6-5-12-19(20)25-21(26)15-29-23(25)17-10-7-11-18(14-17)24-22(27)16-8-3-2-4-9-16/h2-14,23H,15H2,1H3,(H,24,27)/t23-/m1/s1. The first-order valence-corrected chi connectivity index (χ1v) is 10.3. The van der Waals surface area contributed by atoms with Gasteiger partial charge in [-0.2, -0.15) is 0 Å². The minimum absolute atomic E-state index is 0.0308. The predicted molar refractivity (Wildman–Crippen MR) is 117 cm³/mol. The number of carbonyl (C=O) groups excluding carboxylic acids is 2. The minimum Gasteiger partial charge on any atom is -0.495 e. The Labute approximate surface area is 173 Å². The van der Waals surface area contributed by atoms with Gasteiger partial charge < -0.3 is 10.1 Å². The first-order valence-electron chi connectivity index (χ1n) is 9.20. The largest absolute Gasteiger partial charge is 0.495 e. The van der Waals surface area contributed by atoms with Crippen LogP contribution in [0.4, 0.5) is 11.4 Å². The molecule has 1 atom stereocenters. The Morgan fingerprint density at radius 2 is 1.79 bits per heavy atom. The maximum atomic E-state index is 12.7. The molecule has 0 spiro atoms. The van der Waals surface area contributed by atoms with Gasteiger partial charge in [-0.25, -0.2) is 0 Å². The van der Waals surface area contributed by atoms with Crippen molar-refractivity contribution in [3.63, 3.8) is 0 Å². The Balaban J connectivity index is 1.61. The monoisotopic (exact) mass is 404 g/mol. The van der Waals surface area contributed by atoms with Gasteiger partial charge in [-0.1, -0.05) is 42.5 Å². The van der Waals surface area contributed by atoms with Gasteiger partial charge in [0, 0.05) is 11.3 Å². The third-order valence-electron chi connectivity index (χ3n) is 4.68. The number of carbonyl (C=O) groups is 2. The van der Waals surface area contributed by atoms with E-state index < -0.39 is 0 Å². The SMILES string of the molecule is COc1ccccc1N1C(=O)CS[C@@H]1c1cccc(NC(=O)c2ccccc2)c1. The molecule has 4 rings (SSSR count). The van der Waals surface area contributed by atoms with Crippen molar-refractivity contribution in [3.8, 4) is 5.75 Å². The van der Waals surface area contributed by atoms with E-state index in [1.54, 1.807) is 35.9 Å². The zero-order chi connectivity index (χ0) is 20.2. The molecule has 0 aliphatic carbocycles. The van der Waals surface area contributed by atoms with E-state index in [0.29, 0.717) is 22.8 Å². The lowest BCUT2D eigenvalue weighted by molar-refractivity contribution is -0.115. The van der Waals surface area contributed by atoms with Crippen molar-refractivity contribution in [2.75, 3.05) is 23.1 Å². The van der Waals surface area contributed by atoms with E-state index in [2.05, 4.69) is 5.32 Å². The number of para-hydroxylation sites is 2. The molecular formula is C23H20N2O3S. The quantitative estimate of drug-likeness (QED) is 0.668. The highest BCUT2D eigenvalue weighted by atomic mass is 32.2. The number of amides is 2. The van der Waals surface area contributed by atoms with Crippen LogP contribution < -0.4 is 15.0 Å². The van der Waals surface area contributed by atoms with Crippen molar-refractivity contribution in [1.82, 2.24) is 0 Å². The van der Waals surface area contributed by atoms with Crippen LogP contribution in [-0.4, -0.2) is 24.7 Å². The van der Waals surface area contributed by atoms with Crippen molar-refractivity contribution in [2.24, 2.45) is 0 Å².